The van der Waals surface area contributed by atoms with Crippen LogP contribution in [0.15, 0.2) is 18.2 Å². The number of nitrogens with one attached hydrogen (secondary N) is 1. The lowest BCUT2D eigenvalue weighted by Crippen LogP contribution is -2.36. The molecule has 0 aliphatic rings. The molecule has 5 heteroatoms. The predicted molar refractivity (Wildman–Crippen MR) is 61.9 cm³/mol. The molecule has 1 atom stereocenters. The zero-order chi connectivity index (χ0) is 13.0. The molecule has 5 nitrogen and oxygen atoms in total. The van der Waals surface area contributed by atoms with E-state index < -0.39 is 18.0 Å². The number of hydrogen-bond donors (Lipinski definition) is 3. The summed E-state index contributed by atoms with van der Waals surface area (Å²) in [6, 6.07) is 5.34. The van der Waals surface area contributed by atoms with Crippen molar-refractivity contribution in [1.29, 1.82) is 0 Å². The van der Waals surface area contributed by atoms with Gasteiger partial charge in [-0.25, -0.2) is 4.79 Å². The highest BCUT2D eigenvalue weighted by Gasteiger charge is 2.15. The van der Waals surface area contributed by atoms with E-state index in [0.717, 1.165) is 11.1 Å². The molecule has 1 aromatic carbocycles. The molecule has 0 radical (unpaired) electrons. The molecule has 1 rings (SSSR count). The van der Waals surface area contributed by atoms with Gasteiger partial charge in [0.05, 0.1) is 6.54 Å². The summed E-state index contributed by atoms with van der Waals surface area (Å²) in [5.74, 6) is -1.75. The van der Waals surface area contributed by atoms with Gasteiger partial charge in [-0.1, -0.05) is 17.2 Å². The molecule has 0 spiro atoms. The molecule has 0 aromatic heterocycles. The summed E-state index contributed by atoms with van der Waals surface area (Å²) in [5.41, 5.74) is 2.36. The van der Waals surface area contributed by atoms with Crippen LogP contribution in [0.3, 0.4) is 0 Å². The minimum Gasteiger partial charge on any atom is -0.479 e. The lowest BCUT2D eigenvalue weighted by atomic mass is 10.1. The minimum absolute atomic E-state index is 0.304. The summed E-state index contributed by atoms with van der Waals surface area (Å²) in [7, 11) is 0. The topological polar surface area (TPSA) is 86.6 Å². The first kappa shape index (κ1) is 13.2. The van der Waals surface area contributed by atoms with Gasteiger partial charge < -0.3 is 15.5 Å². The molecule has 0 aliphatic heterocycles. The summed E-state index contributed by atoms with van der Waals surface area (Å²) in [6.07, 6.45) is -1.58. The van der Waals surface area contributed by atoms with E-state index in [0.29, 0.717) is 5.56 Å². The van der Waals surface area contributed by atoms with Crippen LogP contribution < -0.4 is 5.32 Å². The van der Waals surface area contributed by atoms with Crippen LogP contribution in [-0.4, -0.2) is 34.7 Å². The summed E-state index contributed by atoms with van der Waals surface area (Å²) in [5, 5.41) is 19.8. The smallest absolute Gasteiger partial charge is 0.334 e. The summed E-state index contributed by atoms with van der Waals surface area (Å²) in [4.78, 5) is 22.0. The molecule has 0 fully saturated rings. The average Bonchev–Trinajstić information content (AvgIpc) is 2.23. The van der Waals surface area contributed by atoms with Crippen LogP contribution in [0.1, 0.15) is 21.5 Å². The van der Waals surface area contributed by atoms with Crippen molar-refractivity contribution in [2.45, 2.75) is 20.0 Å². The number of carbonyl (C=O) groups excluding carboxylic acids is 1. The fraction of sp³-hybridized carbons (Fsp3) is 0.333. The van der Waals surface area contributed by atoms with Crippen molar-refractivity contribution in [3.8, 4) is 0 Å². The van der Waals surface area contributed by atoms with Gasteiger partial charge >= 0.3 is 5.97 Å². The van der Waals surface area contributed by atoms with Crippen LogP contribution in [0.2, 0.25) is 0 Å². The normalized spacial score (nSPS) is 11.9. The third kappa shape index (κ3) is 3.88. The number of benzene rings is 1. The van der Waals surface area contributed by atoms with E-state index in [1.807, 2.05) is 19.9 Å². The first-order valence-corrected chi connectivity index (χ1v) is 5.17. The van der Waals surface area contributed by atoms with Gasteiger partial charge in [0.25, 0.3) is 5.91 Å². The van der Waals surface area contributed by atoms with Crippen LogP contribution >= 0.6 is 0 Å². The molecule has 1 amide bonds. The van der Waals surface area contributed by atoms with Gasteiger partial charge in [-0.3, -0.25) is 4.79 Å². The summed E-state index contributed by atoms with van der Waals surface area (Å²) < 4.78 is 0. The van der Waals surface area contributed by atoms with E-state index in [1.54, 1.807) is 12.1 Å². The molecular formula is C12H15NO4. The number of rotatable bonds is 4. The van der Waals surface area contributed by atoms with Gasteiger partial charge in [0.2, 0.25) is 0 Å². The van der Waals surface area contributed by atoms with Crippen molar-refractivity contribution >= 4 is 11.9 Å². The second-order valence-corrected chi connectivity index (χ2v) is 3.94. The van der Waals surface area contributed by atoms with Gasteiger partial charge in [0, 0.05) is 5.56 Å². The summed E-state index contributed by atoms with van der Waals surface area (Å²) in [6.45, 7) is 3.44. The fourth-order valence-corrected chi connectivity index (χ4v) is 1.48. The number of carboxylic acids is 1. The number of carboxylic acid groups (broad SMARTS) is 1. The fourth-order valence-electron chi connectivity index (χ4n) is 1.48. The van der Waals surface area contributed by atoms with Gasteiger partial charge in [-0.05, 0) is 26.0 Å². The monoisotopic (exact) mass is 237 g/mol. The lowest BCUT2D eigenvalue weighted by Gasteiger charge is -2.09. The van der Waals surface area contributed by atoms with E-state index in [2.05, 4.69) is 5.32 Å². The molecule has 3 N–H and O–H groups in total. The second kappa shape index (κ2) is 5.45. The van der Waals surface area contributed by atoms with E-state index in [1.165, 1.54) is 0 Å². The Hall–Kier alpha value is -1.88. The van der Waals surface area contributed by atoms with Crippen molar-refractivity contribution in [1.82, 2.24) is 5.32 Å². The third-order valence-corrected chi connectivity index (χ3v) is 2.22. The molecule has 0 saturated carbocycles. The Balaban J connectivity index is 2.67. The molecular weight excluding hydrogens is 222 g/mol. The number of aliphatic carboxylic acids is 1. The van der Waals surface area contributed by atoms with Crippen molar-refractivity contribution in [3.05, 3.63) is 34.9 Å². The van der Waals surface area contributed by atoms with Crippen LogP contribution in [0, 0.1) is 13.8 Å². The Labute approximate surface area is 99.1 Å². The summed E-state index contributed by atoms with van der Waals surface area (Å²) >= 11 is 0. The maximum Gasteiger partial charge on any atom is 0.334 e. The first-order valence-electron chi connectivity index (χ1n) is 5.17. The molecule has 0 heterocycles. The molecule has 0 saturated heterocycles. The van der Waals surface area contributed by atoms with Crippen molar-refractivity contribution in [2.75, 3.05) is 6.54 Å². The maximum absolute atomic E-state index is 11.7. The van der Waals surface area contributed by atoms with Crippen molar-refractivity contribution in [2.24, 2.45) is 0 Å². The zero-order valence-corrected chi connectivity index (χ0v) is 9.73. The van der Waals surface area contributed by atoms with Gasteiger partial charge in [0.15, 0.2) is 6.10 Å². The number of aliphatic hydroxyl groups is 1. The minimum atomic E-state index is -1.58. The quantitative estimate of drug-likeness (QED) is 0.710. The number of aryl methyl sites for hydroxylation is 2. The van der Waals surface area contributed by atoms with Gasteiger partial charge in [-0.2, -0.15) is 0 Å². The van der Waals surface area contributed by atoms with Crippen LogP contribution in [0.5, 0.6) is 0 Å². The Bertz CT molecular complexity index is 422. The number of carbonyl (C=O) groups is 2. The maximum atomic E-state index is 11.7. The number of hydrogen-bond acceptors (Lipinski definition) is 3. The molecule has 0 bridgehead atoms. The number of amides is 1. The number of aliphatic hydroxyl groups excluding tert-OH is 1. The first-order chi connectivity index (χ1) is 7.90. The van der Waals surface area contributed by atoms with E-state index >= 15 is 0 Å². The predicted octanol–water partition coefficient (Wildman–Crippen LogP) is 0.479. The SMILES string of the molecule is Cc1cc(C)cc(C(=O)NCC(O)C(=O)O)c1. The Morgan fingerprint density at radius 1 is 1.24 bits per heavy atom. The second-order valence-electron chi connectivity index (χ2n) is 3.94. The Morgan fingerprint density at radius 3 is 2.24 bits per heavy atom. The van der Waals surface area contributed by atoms with Crippen molar-refractivity contribution < 1.29 is 19.8 Å². The molecule has 0 aliphatic carbocycles. The van der Waals surface area contributed by atoms with Gasteiger partial charge in [0.1, 0.15) is 0 Å². The van der Waals surface area contributed by atoms with Crippen LogP contribution in [0.4, 0.5) is 0 Å². The van der Waals surface area contributed by atoms with E-state index in [9.17, 15) is 9.59 Å². The Kier molecular flexibility index (Phi) is 4.23. The lowest BCUT2D eigenvalue weighted by molar-refractivity contribution is -0.146. The molecule has 92 valence electrons. The third-order valence-electron chi connectivity index (χ3n) is 2.22. The highest BCUT2D eigenvalue weighted by molar-refractivity contribution is 5.94. The zero-order valence-electron chi connectivity index (χ0n) is 9.73. The Morgan fingerprint density at radius 2 is 1.76 bits per heavy atom. The van der Waals surface area contributed by atoms with E-state index in [4.69, 9.17) is 10.2 Å². The molecule has 1 aromatic rings. The largest absolute Gasteiger partial charge is 0.479 e. The highest BCUT2D eigenvalue weighted by atomic mass is 16.4. The van der Waals surface area contributed by atoms with Crippen molar-refractivity contribution in [3.63, 3.8) is 0 Å². The highest BCUT2D eigenvalue weighted by Crippen LogP contribution is 2.08. The average molecular weight is 237 g/mol. The standard InChI is InChI=1S/C12H15NO4/c1-7-3-8(2)5-9(4-7)11(15)13-6-10(14)12(16)17/h3-5,10,14H,6H2,1-2H3,(H,13,15)(H,16,17). The molecule has 1 unspecified atom stereocenters. The van der Waals surface area contributed by atoms with E-state index in [-0.39, 0.29) is 6.54 Å². The van der Waals surface area contributed by atoms with Gasteiger partial charge in [-0.15, -0.1) is 0 Å². The van der Waals surface area contributed by atoms with Crippen LogP contribution in [0.25, 0.3) is 0 Å². The van der Waals surface area contributed by atoms with Crippen LogP contribution in [-0.2, 0) is 4.79 Å². The molecule has 17 heavy (non-hydrogen) atoms.